The van der Waals surface area contributed by atoms with Gasteiger partial charge in [-0.1, -0.05) is 11.3 Å². The molecule has 0 amide bonds. The SMILES string of the molecule is Cc1nc(Nc2ncc(C=O)s2)cc(N2CCC(O)CC2)n1. The highest BCUT2D eigenvalue weighted by molar-refractivity contribution is 7.17. The Balaban J connectivity index is 1.78. The normalized spacial score (nSPS) is 15.8. The maximum Gasteiger partial charge on any atom is 0.188 e. The Morgan fingerprint density at radius 3 is 2.86 bits per heavy atom. The lowest BCUT2D eigenvalue weighted by Gasteiger charge is -2.30. The lowest BCUT2D eigenvalue weighted by molar-refractivity contribution is 0.112. The molecule has 22 heavy (non-hydrogen) atoms. The molecule has 8 heteroatoms. The molecular weight excluding hydrogens is 302 g/mol. The van der Waals surface area contributed by atoms with Gasteiger partial charge < -0.3 is 15.3 Å². The second kappa shape index (κ2) is 6.37. The fourth-order valence-corrected chi connectivity index (χ4v) is 3.02. The molecule has 1 aliphatic heterocycles. The van der Waals surface area contributed by atoms with Crippen molar-refractivity contribution in [2.45, 2.75) is 25.9 Å². The van der Waals surface area contributed by atoms with E-state index in [0.29, 0.717) is 21.7 Å². The summed E-state index contributed by atoms with van der Waals surface area (Å²) in [6.45, 7) is 3.40. The van der Waals surface area contributed by atoms with Crippen LogP contribution in [0.15, 0.2) is 12.3 Å². The number of piperidine rings is 1. The van der Waals surface area contributed by atoms with E-state index in [1.807, 2.05) is 13.0 Å². The number of nitrogens with one attached hydrogen (secondary N) is 1. The molecule has 2 aromatic rings. The Morgan fingerprint density at radius 1 is 1.41 bits per heavy atom. The third-order valence-electron chi connectivity index (χ3n) is 3.49. The minimum absolute atomic E-state index is 0.214. The summed E-state index contributed by atoms with van der Waals surface area (Å²) in [7, 11) is 0. The summed E-state index contributed by atoms with van der Waals surface area (Å²) in [6.07, 6.45) is 3.59. The zero-order valence-electron chi connectivity index (χ0n) is 12.2. The number of hydrogen-bond acceptors (Lipinski definition) is 8. The molecule has 0 radical (unpaired) electrons. The molecule has 3 rings (SSSR count). The first-order valence-electron chi connectivity index (χ1n) is 7.11. The monoisotopic (exact) mass is 319 g/mol. The van der Waals surface area contributed by atoms with Gasteiger partial charge in [0.1, 0.15) is 17.5 Å². The maximum atomic E-state index is 10.7. The number of aliphatic hydroxyl groups is 1. The van der Waals surface area contributed by atoms with E-state index in [0.717, 1.165) is 38.0 Å². The fourth-order valence-electron chi connectivity index (χ4n) is 2.38. The van der Waals surface area contributed by atoms with E-state index in [2.05, 4.69) is 25.2 Å². The minimum Gasteiger partial charge on any atom is -0.393 e. The van der Waals surface area contributed by atoms with E-state index in [-0.39, 0.29) is 6.10 Å². The van der Waals surface area contributed by atoms with Crippen molar-refractivity contribution in [3.8, 4) is 0 Å². The van der Waals surface area contributed by atoms with Crippen LogP contribution in [-0.2, 0) is 0 Å². The van der Waals surface area contributed by atoms with Crippen molar-refractivity contribution < 1.29 is 9.90 Å². The number of carbonyl (C=O) groups is 1. The standard InChI is InChI=1S/C14H17N5O2S/c1-9-16-12(18-14-15-7-11(8-20)22-14)6-13(17-9)19-4-2-10(21)3-5-19/h6-8,10,21H,2-5H2,1H3,(H,15,16,17,18). The van der Waals surface area contributed by atoms with Crippen molar-refractivity contribution in [3.63, 3.8) is 0 Å². The number of aryl methyl sites for hydroxylation is 1. The van der Waals surface area contributed by atoms with Crippen molar-refractivity contribution in [2.24, 2.45) is 0 Å². The largest absolute Gasteiger partial charge is 0.393 e. The van der Waals surface area contributed by atoms with E-state index in [1.165, 1.54) is 17.5 Å². The molecule has 1 saturated heterocycles. The summed E-state index contributed by atoms with van der Waals surface area (Å²) < 4.78 is 0. The van der Waals surface area contributed by atoms with Gasteiger partial charge in [0.15, 0.2) is 11.4 Å². The summed E-state index contributed by atoms with van der Waals surface area (Å²) in [6, 6.07) is 1.87. The first kappa shape index (κ1) is 14.9. The molecule has 1 aliphatic rings. The molecule has 0 aromatic carbocycles. The highest BCUT2D eigenvalue weighted by atomic mass is 32.1. The Hall–Kier alpha value is -2.06. The van der Waals surface area contributed by atoms with Crippen LogP contribution in [-0.4, -0.2) is 45.5 Å². The van der Waals surface area contributed by atoms with Crippen LogP contribution in [0, 0.1) is 6.92 Å². The van der Waals surface area contributed by atoms with Gasteiger partial charge in [-0.3, -0.25) is 4.79 Å². The molecule has 1 fully saturated rings. The Morgan fingerprint density at radius 2 is 2.18 bits per heavy atom. The zero-order valence-corrected chi connectivity index (χ0v) is 13.0. The number of thiazole rings is 1. The summed E-state index contributed by atoms with van der Waals surface area (Å²) in [5, 5.41) is 13.3. The van der Waals surface area contributed by atoms with E-state index in [1.54, 1.807) is 0 Å². The van der Waals surface area contributed by atoms with Crippen LogP contribution in [0.25, 0.3) is 0 Å². The lowest BCUT2D eigenvalue weighted by atomic mass is 10.1. The first-order chi connectivity index (χ1) is 10.6. The van der Waals surface area contributed by atoms with Gasteiger partial charge in [0, 0.05) is 19.2 Å². The van der Waals surface area contributed by atoms with Crippen LogP contribution in [0.3, 0.4) is 0 Å². The van der Waals surface area contributed by atoms with Gasteiger partial charge >= 0.3 is 0 Å². The van der Waals surface area contributed by atoms with Crippen molar-refractivity contribution >= 4 is 34.4 Å². The molecule has 2 aromatic heterocycles. The van der Waals surface area contributed by atoms with Crippen molar-refractivity contribution in [1.82, 2.24) is 15.0 Å². The topological polar surface area (TPSA) is 91.2 Å². The predicted molar refractivity (Wildman–Crippen MR) is 85.0 cm³/mol. The number of carbonyl (C=O) groups excluding carboxylic acids is 1. The van der Waals surface area contributed by atoms with Crippen LogP contribution in [0.4, 0.5) is 16.8 Å². The number of aldehydes is 1. The molecule has 2 N–H and O–H groups in total. The molecule has 0 bridgehead atoms. The summed E-state index contributed by atoms with van der Waals surface area (Å²) in [5.74, 6) is 2.16. The number of nitrogens with zero attached hydrogens (tertiary/aromatic N) is 4. The summed E-state index contributed by atoms with van der Waals surface area (Å²) in [4.78, 5) is 26.4. The van der Waals surface area contributed by atoms with Crippen molar-refractivity contribution in [2.75, 3.05) is 23.3 Å². The number of aliphatic hydroxyl groups excluding tert-OH is 1. The van der Waals surface area contributed by atoms with Gasteiger partial charge in [-0.25, -0.2) is 15.0 Å². The van der Waals surface area contributed by atoms with Crippen LogP contribution < -0.4 is 10.2 Å². The predicted octanol–water partition coefficient (Wildman–Crippen LogP) is 1.76. The molecule has 0 unspecified atom stereocenters. The van der Waals surface area contributed by atoms with Gasteiger partial charge in [-0.2, -0.15) is 0 Å². The second-order valence-corrected chi connectivity index (χ2v) is 6.25. The average Bonchev–Trinajstić information content (AvgIpc) is 2.95. The molecular formula is C14H17N5O2S. The summed E-state index contributed by atoms with van der Waals surface area (Å²) in [5.41, 5.74) is 0. The van der Waals surface area contributed by atoms with E-state index in [4.69, 9.17) is 0 Å². The number of hydrogen-bond donors (Lipinski definition) is 2. The molecule has 116 valence electrons. The second-order valence-electron chi connectivity index (χ2n) is 5.19. The quantitative estimate of drug-likeness (QED) is 0.830. The molecule has 0 saturated carbocycles. The number of aromatic nitrogens is 3. The third-order valence-corrected chi connectivity index (χ3v) is 4.33. The van der Waals surface area contributed by atoms with E-state index < -0.39 is 0 Å². The van der Waals surface area contributed by atoms with Gasteiger partial charge in [0.05, 0.1) is 17.2 Å². The average molecular weight is 319 g/mol. The van der Waals surface area contributed by atoms with Gasteiger partial charge in [0.25, 0.3) is 0 Å². The van der Waals surface area contributed by atoms with Crippen molar-refractivity contribution in [1.29, 1.82) is 0 Å². The van der Waals surface area contributed by atoms with Gasteiger partial charge in [-0.05, 0) is 19.8 Å². The number of anilines is 3. The Kier molecular flexibility index (Phi) is 4.30. The third kappa shape index (κ3) is 3.40. The smallest absolute Gasteiger partial charge is 0.188 e. The van der Waals surface area contributed by atoms with Crippen LogP contribution in [0.2, 0.25) is 0 Å². The molecule has 3 heterocycles. The van der Waals surface area contributed by atoms with E-state index >= 15 is 0 Å². The first-order valence-corrected chi connectivity index (χ1v) is 7.92. The molecule has 7 nitrogen and oxygen atoms in total. The minimum atomic E-state index is -0.214. The van der Waals surface area contributed by atoms with E-state index in [9.17, 15) is 9.90 Å². The Labute approximate surface area is 132 Å². The zero-order chi connectivity index (χ0) is 15.5. The molecule has 0 spiro atoms. The van der Waals surface area contributed by atoms with Gasteiger partial charge in [-0.15, -0.1) is 0 Å². The molecule has 0 atom stereocenters. The lowest BCUT2D eigenvalue weighted by Crippen LogP contribution is -2.36. The summed E-state index contributed by atoms with van der Waals surface area (Å²) >= 11 is 1.28. The van der Waals surface area contributed by atoms with Crippen LogP contribution >= 0.6 is 11.3 Å². The van der Waals surface area contributed by atoms with Gasteiger partial charge in [0.2, 0.25) is 0 Å². The highest BCUT2D eigenvalue weighted by Gasteiger charge is 2.19. The van der Waals surface area contributed by atoms with Crippen molar-refractivity contribution in [3.05, 3.63) is 23.0 Å². The maximum absolute atomic E-state index is 10.7. The fraction of sp³-hybridized carbons (Fsp3) is 0.429. The number of rotatable bonds is 4. The van der Waals surface area contributed by atoms with Crippen LogP contribution in [0.5, 0.6) is 0 Å². The highest BCUT2D eigenvalue weighted by Crippen LogP contribution is 2.24. The Bertz CT molecular complexity index is 667. The molecule has 0 aliphatic carbocycles. The van der Waals surface area contributed by atoms with Crippen LogP contribution in [0.1, 0.15) is 28.3 Å².